The van der Waals surface area contributed by atoms with E-state index in [1.807, 2.05) is 19.1 Å². The molecule has 0 radical (unpaired) electrons. The Kier molecular flexibility index (Phi) is 6.02. The average Bonchev–Trinajstić information content (AvgIpc) is 2.50. The molecule has 0 aliphatic heterocycles. The summed E-state index contributed by atoms with van der Waals surface area (Å²) in [4.78, 5) is 23.7. The molecule has 0 heterocycles. The maximum Gasteiger partial charge on any atom is 0.233 e. The first kappa shape index (κ1) is 17.3. The van der Waals surface area contributed by atoms with Gasteiger partial charge in [-0.05, 0) is 42.3 Å². The number of benzene rings is 2. The molecule has 4 nitrogen and oxygen atoms in total. The van der Waals surface area contributed by atoms with Gasteiger partial charge in [-0.15, -0.1) is 0 Å². The Bertz CT molecular complexity index is 715. The number of aryl methyl sites for hydroxylation is 1. The molecule has 2 aromatic rings. The molecule has 0 aliphatic rings. The molecule has 2 amide bonds. The van der Waals surface area contributed by atoms with Crippen molar-refractivity contribution in [2.45, 2.75) is 19.9 Å². The number of nitrogens with one attached hydrogen (secondary N) is 2. The number of rotatable bonds is 5. The SMILES string of the molecule is Cc1ccc(Cl)cc1NC(=O)CC(=O)NCc1ccc(Cl)cc1. The number of carbonyl (C=O) groups is 2. The number of carbonyl (C=O) groups excluding carboxylic acids is 2. The van der Waals surface area contributed by atoms with Crippen molar-refractivity contribution >= 4 is 40.7 Å². The Morgan fingerprint density at radius 3 is 2.30 bits per heavy atom. The molecule has 2 aromatic carbocycles. The highest BCUT2D eigenvalue weighted by molar-refractivity contribution is 6.31. The molecule has 2 N–H and O–H groups in total. The molecule has 0 aromatic heterocycles. The van der Waals surface area contributed by atoms with Crippen LogP contribution >= 0.6 is 23.2 Å². The Morgan fingerprint density at radius 1 is 0.957 bits per heavy atom. The molecule has 120 valence electrons. The summed E-state index contributed by atoms with van der Waals surface area (Å²) in [6.07, 6.45) is -0.250. The summed E-state index contributed by atoms with van der Waals surface area (Å²) in [5.41, 5.74) is 2.39. The Labute approximate surface area is 144 Å². The second kappa shape index (κ2) is 7.99. The second-order valence-corrected chi connectivity index (χ2v) is 5.96. The highest BCUT2D eigenvalue weighted by Gasteiger charge is 2.11. The van der Waals surface area contributed by atoms with Crippen LogP contribution in [0, 0.1) is 6.92 Å². The van der Waals surface area contributed by atoms with Gasteiger partial charge in [-0.2, -0.15) is 0 Å². The quantitative estimate of drug-likeness (QED) is 0.802. The number of hydrogen-bond acceptors (Lipinski definition) is 2. The predicted octanol–water partition coefficient (Wildman–Crippen LogP) is 3.95. The standard InChI is InChI=1S/C17H16Cl2N2O2/c1-11-2-5-14(19)8-15(11)21-17(23)9-16(22)20-10-12-3-6-13(18)7-4-12/h2-8H,9-10H2,1H3,(H,20,22)(H,21,23). The largest absolute Gasteiger partial charge is 0.352 e. The fourth-order valence-electron chi connectivity index (χ4n) is 1.93. The van der Waals surface area contributed by atoms with Crippen molar-refractivity contribution in [3.05, 3.63) is 63.6 Å². The van der Waals surface area contributed by atoms with Crippen molar-refractivity contribution in [1.29, 1.82) is 0 Å². The lowest BCUT2D eigenvalue weighted by Gasteiger charge is -2.09. The van der Waals surface area contributed by atoms with E-state index in [1.165, 1.54) is 0 Å². The first-order chi connectivity index (χ1) is 10.9. The van der Waals surface area contributed by atoms with Gasteiger partial charge in [-0.3, -0.25) is 9.59 Å². The molecule has 0 saturated heterocycles. The van der Waals surface area contributed by atoms with Gasteiger partial charge in [0.1, 0.15) is 6.42 Å². The zero-order valence-corrected chi connectivity index (χ0v) is 14.0. The second-order valence-electron chi connectivity index (χ2n) is 5.09. The van der Waals surface area contributed by atoms with E-state index in [9.17, 15) is 9.59 Å². The van der Waals surface area contributed by atoms with Gasteiger partial charge < -0.3 is 10.6 Å². The van der Waals surface area contributed by atoms with Crippen LogP contribution in [0.15, 0.2) is 42.5 Å². The van der Waals surface area contributed by atoms with Crippen LogP contribution in [0.4, 0.5) is 5.69 Å². The van der Waals surface area contributed by atoms with Gasteiger partial charge in [0, 0.05) is 22.3 Å². The first-order valence-electron chi connectivity index (χ1n) is 7.01. The van der Waals surface area contributed by atoms with Crippen LogP contribution in [0.1, 0.15) is 17.5 Å². The normalized spacial score (nSPS) is 10.2. The van der Waals surface area contributed by atoms with Crippen LogP contribution < -0.4 is 10.6 Å². The van der Waals surface area contributed by atoms with Crippen molar-refractivity contribution in [3.8, 4) is 0 Å². The summed E-state index contributed by atoms with van der Waals surface area (Å²) in [5, 5.41) is 6.54. The minimum atomic E-state index is -0.385. The topological polar surface area (TPSA) is 58.2 Å². The zero-order chi connectivity index (χ0) is 16.8. The molecular weight excluding hydrogens is 335 g/mol. The molecule has 0 saturated carbocycles. The van der Waals surface area contributed by atoms with E-state index < -0.39 is 0 Å². The molecule has 0 atom stereocenters. The predicted molar refractivity (Wildman–Crippen MR) is 92.7 cm³/mol. The van der Waals surface area contributed by atoms with Crippen LogP contribution in [0.2, 0.25) is 10.0 Å². The summed E-state index contributed by atoms with van der Waals surface area (Å²) in [7, 11) is 0. The minimum Gasteiger partial charge on any atom is -0.352 e. The highest BCUT2D eigenvalue weighted by atomic mass is 35.5. The third-order valence-electron chi connectivity index (χ3n) is 3.20. The molecule has 0 bridgehead atoms. The molecular formula is C17H16Cl2N2O2. The van der Waals surface area contributed by atoms with E-state index >= 15 is 0 Å². The van der Waals surface area contributed by atoms with Crippen molar-refractivity contribution in [2.75, 3.05) is 5.32 Å². The van der Waals surface area contributed by atoms with Crippen LogP contribution in [0.25, 0.3) is 0 Å². The van der Waals surface area contributed by atoms with E-state index in [0.717, 1.165) is 11.1 Å². The van der Waals surface area contributed by atoms with Gasteiger partial charge in [0.15, 0.2) is 0 Å². The molecule has 2 rings (SSSR count). The maximum absolute atomic E-state index is 11.9. The number of halogens is 2. The molecule has 23 heavy (non-hydrogen) atoms. The van der Waals surface area contributed by atoms with Gasteiger partial charge in [0.2, 0.25) is 11.8 Å². The minimum absolute atomic E-state index is 0.250. The molecule has 0 fully saturated rings. The fourth-order valence-corrected chi connectivity index (χ4v) is 2.23. The lowest BCUT2D eigenvalue weighted by Crippen LogP contribution is -2.27. The highest BCUT2D eigenvalue weighted by Crippen LogP contribution is 2.20. The van der Waals surface area contributed by atoms with Gasteiger partial charge >= 0.3 is 0 Å². The van der Waals surface area contributed by atoms with Crippen molar-refractivity contribution < 1.29 is 9.59 Å². The summed E-state index contributed by atoms with van der Waals surface area (Å²) in [6.45, 7) is 2.20. The van der Waals surface area contributed by atoms with Crippen LogP contribution in [-0.4, -0.2) is 11.8 Å². The zero-order valence-electron chi connectivity index (χ0n) is 12.5. The Morgan fingerprint density at radius 2 is 1.61 bits per heavy atom. The van der Waals surface area contributed by atoms with Crippen LogP contribution in [0.5, 0.6) is 0 Å². The van der Waals surface area contributed by atoms with E-state index in [1.54, 1.807) is 30.3 Å². The van der Waals surface area contributed by atoms with E-state index in [2.05, 4.69) is 10.6 Å². The van der Waals surface area contributed by atoms with Gasteiger partial charge in [0.25, 0.3) is 0 Å². The molecule has 0 spiro atoms. The van der Waals surface area contributed by atoms with Crippen LogP contribution in [0.3, 0.4) is 0 Å². The third kappa shape index (κ3) is 5.58. The van der Waals surface area contributed by atoms with Gasteiger partial charge in [-0.1, -0.05) is 41.4 Å². The summed E-state index contributed by atoms with van der Waals surface area (Å²) >= 11 is 11.7. The fraction of sp³-hybridized carbons (Fsp3) is 0.176. The average molecular weight is 351 g/mol. The van der Waals surface area contributed by atoms with E-state index in [0.29, 0.717) is 22.3 Å². The smallest absolute Gasteiger partial charge is 0.233 e. The molecule has 6 heteroatoms. The van der Waals surface area contributed by atoms with Crippen LogP contribution in [-0.2, 0) is 16.1 Å². The van der Waals surface area contributed by atoms with Gasteiger partial charge in [0.05, 0.1) is 0 Å². The lowest BCUT2D eigenvalue weighted by molar-refractivity contribution is -0.126. The van der Waals surface area contributed by atoms with Crippen molar-refractivity contribution in [2.24, 2.45) is 0 Å². The van der Waals surface area contributed by atoms with E-state index in [4.69, 9.17) is 23.2 Å². The monoisotopic (exact) mass is 350 g/mol. The summed E-state index contributed by atoms with van der Waals surface area (Å²) in [5.74, 6) is -0.735. The number of amides is 2. The Hall–Kier alpha value is -2.04. The van der Waals surface area contributed by atoms with Gasteiger partial charge in [-0.25, -0.2) is 0 Å². The first-order valence-corrected chi connectivity index (χ1v) is 7.77. The maximum atomic E-state index is 11.9. The summed E-state index contributed by atoms with van der Waals surface area (Å²) in [6, 6.07) is 12.3. The van der Waals surface area contributed by atoms with E-state index in [-0.39, 0.29) is 18.2 Å². The van der Waals surface area contributed by atoms with Crippen molar-refractivity contribution in [1.82, 2.24) is 5.32 Å². The Balaban J connectivity index is 1.83. The molecule has 0 aliphatic carbocycles. The number of anilines is 1. The lowest BCUT2D eigenvalue weighted by atomic mass is 10.2. The number of hydrogen-bond donors (Lipinski definition) is 2. The summed E-state index contributed by atoms with van der Waals surface area (Å²) < 4.78 is 0. The van der Waals surface area contributed by atoms with Crippen molar-refractivity contribution in [3.63, 3.8) is 0 Å². The molecule has 0 unspecified atom stereocenters. The third-order valence-corrected chi connectivity index (χ3v) is 3.68.